The first-order chi connectivity index (χ1) is 8.99. The van der Waals surface area contributed by atoms with E-state index in [2.05, 4.69) is 5.32 Å². The van der Waals surface area contributed by atoms with Gasteiger partial charge in [0, 0.05) is 16.8 Å². The van der Waals surface area contributed by atoms with Crippen LogP contribution < -0.4 is 10.6 Å². The zero-order valence-electron chi connectivity index (χ0n) is 11.3. The second-order valence-electron chi connectivity index (χ2n) is 5.23. The van der Waals surface area contributed by atoms with E-state index in [4.69, 9.17) is 0 Å². The first-order valence-electron chi connectivity index (χ1n) is 5.80. The number of hydrogen-bond acceptors (Lipinski definition) is 2. The van der Waals surface area contributed by atoms with Gasteiger partial charge >= 0.3 is 12.1 Å². The molecule has 0 radical (unpaired) electrons. The third-order valence-electron chi connectivity index (χ3n) is 2.15. The molecule has 0 aromatic heterocycles. The minimum atomic E-state index is -4.94. The maximum Gasteiger partial charge on any atom is 0.471 e. The van der Waals surface area contributed by atoms with Crippen LogP contribution in [0.2, 0.25) is 0 Å². The summed E-state index contributed by atoms with van der Waals surface area (Å²) in [5.41, 5.74) is -0.148. The largest absolute Gasteiger partial charge is 0.471 e. The average molecular weight is 288 g/mol. The van der Waals surface area contributed by atoms with Crippen molar-refractivity contribution >= 4 is 17.5 Å². The first-order valence-corrected chi connectivity index (χ1v) is 5.80. The van der Waals surface area contributed by atoms with Gasteiger partial charge in [0.05, 0.1) is 0 Å². The van der Waals surface area contributed by atoms with Crippen molar-refractivity contribution in [3.8, 4) is 0 Å². The Bertz CT molecular complexity index is 502. The standard InChI is InChI=1S/C13H15F3N2O2/c1-12(2,3)18-10(19)8-4-6-9(7-5-8)17-11(20)13(14,15)16/h4-7H,1-3H3,(H,17,20)(H,18,19). The number of nitrogens with one attached hydrogen (secondary N) is 2. The van der Waals surface area contributed by atoms with Gasteiger partial charge in [0.2, 0.25) is 0 Å². The molecule has 0 bridgehead atoms. The molecule has 0 unspecified atom stereocenters. The van der Waals surface area contributed by atoms with E-state index in [-0.39, 0.29) is 11.6 Å². The fraction of sp³-hybridized carbons (Fsp3) is 0.385. The van der Waals surface area contributed by atoms with Crippen molar-refractivity contribution in [1.82, 2.24) is 5.32 Å². The molecule has 0 aliphatic heterocycles. The summed E-state index contributed by atoms with van der Waals surface area (Å²) < 4.78 is 36.2. The van der Waals surface area contributed by atoms with Crippen LogP contribution >= 0.6 is 0 Å². The molecule has 1 rings (SSSR count). The highest BCUT2D eigenvalue weighted by Gasteiger charge is 2.38. The van der Waals surface area contributed by atoms with E-state index in [9.17, 15) is 22.8 Å². The molecule has 2 N–H and O–H groups in total. The van der Waals surface area contributed by atoms with E-state index in [1.54, 1.807) is 5.32 Å². The summed E-state index contributed by atoms with van der Waals surface area (Å²) in [6, 6.07) is 5.16. The Morgan fingerprint density at radius 2 is 1.50 bits per heavy atom. The molecule has 0 aliphatic rings. The second kappa shape index (κ2) is 5.52. The van der Waals surface area contributed by atoms with E-state index in [1.807, 2.05) is 20.8 Å². The molecular formula is C13H15F3N2O2. The van der Waals surface area contributed by atoms with Crippen LogP contribution in [0.25, 0.3) is 0 Å². The fourth-order valence-corrected chi connectivity index (χ4v) is 1.32. The maximum atomic E-state index is 12.1. The van der Waals surface area contributed by atoms with Crippen molar-refractivity contribution in [2.75, 3.05) is 5.32 Å². The molecule has 2 amide bonds. The van der Waals surface area contributed by atoms with Gasteiger partial charge in [0.1, 0.15) is 0 Å². The van der Waals surface area contributed by atoms with E-state index < -0.39 is 17.6 Å². The highest BCUT2D eigenvalue weighted by atomic mass is 19.4. The molecular weight excluding hydrogens is 273 g/mol. The molecule has 0 saturated carbocycles. The fourth-order valence-electron chi connectivity index (χ4n) is 1.32. The van der Waals surface area contributed by atoms with Gasteiger partial charge in [0.25, 0.3) is 5.91 Å². The third kappa shape index (κ3) is 4.91. The lowest BCUT2D eigenvalue weighted by molar-refractivity contribution is -0.167. The molecule has 20 heavy (non-hydrogen) atoms. The second-order valence-corrected chi connectivity index (χ2v) is 5.23. The Labute approximate surface area is 114 Å². The molecule has 0 fully saturated rings. The molecule has 110 valence electrons. The van der Waals surface area contributed by atoms with Crippen LogP contribution in [0.15, 0.2) is 24.3 Å². The van der Waals surface area contributed by atoms with Crippen molar-refractivity contribution in [3.63, 3.8) is 0 Å². The molecule has 7 heteroatoms. The number of hydrogen-bond donors (Lipinski definition) is 2. The van der Waals surface area contributed by atoms with Crippen LogP contribution in [-0.2, 0) is 4.79 Å². The SMILES string of the molecule is CC(C)(C)NC(=O)c1ccc(NC(=O)C(F)(F)F)cc1. The van der Waals surface area contributed by atoms with Gasteiger partial charge in [-0.25, -0.2) is 0 Å². The number of rotatable bonds is 2. The number of benzene rings is 1. The van der Waals surface area contributed by atoms with Crippen LogP contribution in [0.1, 0.15) is 31.1 Å². The quantitative estimate of drug-likeness (QED) is 0.879. The molecule has 0 atom stereocenters. The highest BCUT2D eigenvalue weighted by molar-refractivity contribution is 5.97. The summed E-state index contributed by atoms with van der Waals surface area (Å²) in [4.78, 5) is 22.5. The number of amides is 2. The first kappa shape index (κ1) is 16.0. The molecule has 0 saturated heterocycles. The topological polar surface area (TPSA) is 58.2 Å². The summed E-state index contributed by atoms with van der Waals surface area (Å²) >= 11 is 0. The molecule has 1 aromatic carbocycles. The number of halogens is 3. The van der Waals surface area contributed by atoms with Gasteiger partial charge in [-0.05, 0) is 45.0 Å². The maximum absolute atomic E-state index is 12.1. The smallest absolute Gasteiger partial charge is 0.347 e. The minimum absolute atomic E-state index is 0.0281. The van der Waals surface area contributed by atoms with Crippen LogP contribution in [0.4, 0.5) is 18.9 Å². The van der Waals surface area contributed by atoms with Gasteiger partial charge in [0.15, 0.2) is 0 Å². The van der Waals surface area contributed by atoms with Gasteiger partial charge in [-0.2, -0.15) is 13.2 Å². The normalized spacial score (nSPS) is 11.9. The van der Waals surface area contributed by atoms with E-state index in [1.165, 1.54) is 24.3 Å². The lowest BCUT2D eigenvalue weighted by Gasteiger charge is -2.20. The lowest BCUT2D eigenvalue weighted by atomic mass is 10.1. The molecule has 4 nitrogen and oxygen atoms in total. The average Bonchev–Trinajstić information content (AvgIpc) is 2.26. The number of alkyl halides is 3. The predicted octanol–water partition coefficient (Wildman–Crippen LogP) is 2.72. The summed E-state index contributed by atoms with van der Waals surface area (Å²) in [5, 5.41) is 4.41. The molecule has 1 aromatic rings. The molecule has 0 spiro atoms. The van der Waals surface area contributed by atoms with Crippen LogP contribution in [0.3, 0.4) is 0 Å². The predicted molar refractivity (Wildman–Crippen MR) is 68.3 cm³/mol. The van der Waals surface area contributed by atoms with Gasteiger partial charge in [-0.15, -0.1) is 0 Å². The van der Waals surface area contributed by atoms with Crippen molar-refractivity contribution in [3.05, 3.63) is 29.8 Å². The summed E-state index contributed by atoms with van der Waals surface area (Å²) in [6.45, 7) is 5.43. The van der Waals surface area contributed by atoms with Gasteiger partial charge < -0.3 is 10.6 Å². The number of carbonyl (C=O) groups is 2. The highest BCUT2D eigenvalue weighted by Crippen LogP contribution is 2.18. The molecule has 0 aliphatic carbocycles. The van der Waals surface area contributed by atoms with E-state index in [0.29, 0.717) is 5.56 Å². The summed E-state index contributed by atoms with van der Waals surface area (Å²) in [5.74, 6) is -2.39. The van der Waals surface area contributed by atoms with Crippen molar-refractivity contribution in [2.24, 2.45) is 0 Å². The summed E-state index contributed by atoms with van der Waals surface area (Å²) in [6.07, 6.45) is -4.94. The van der Waals surface area contributed by atoms with Gasteiger partial charge in [-0.3, -0.25) is 9.59 Å². The zero-order chi connectivity index (χ0) is 15.6. The van der Waals surface area contributed by atoms with Gasteiger partial charge in [-0.1, -0.05) is 0 Å². The van der Waals surface area contributed by atoms with Crippen molar-refractivity contribution < 1.29 is 22.8 Å². The van der Waals surface area contributed by atoms with Crippen LogP contribution in [-0.4, -0.2) is 23.5 Å². The van der Waals surface area contributed by atoms with Crippen molar-refractivity contribution in [2.45, 2.75) is 32.5 Å². The van der Waals surface area contributed by atoms with E-state index >= 15 is 0 Å². The zero-order valence-corrected chi connectivity index (χ0v) is 11.3. The van der Waals surface area contributed by atoms with Crippen molar-refractivity contribution in [1.29, 1.82) is 0 Å². The summed E-state index contributed by atoms with van der Waals surface area (Å²) in [7, 11) is 0. The Morgan fingerprint density at radius 1 is 1.00 bits per heavy atom. The number of anilines is 1. The Morgan fingerprint density at radius 3 is 1.90 bits per heavy atom. The Balaban J connectivity index is 2.75. The monoisotopic (exact) mass is 288 g/mol. The third-order valence-corrected chi connectivity index (χ3v) is 2.15. The molecule has 0 heterocycles. The Hall–Kier alpha value is -2.05. The van der Waals surface area contributed by atoms with E-state index in [0.717, 1.165) is 0 Å². The van der Waals surface area contributed by atoms with Crippen LogP contribution in [0, 0.1) is 0 Å². The van der Waals surface area contributed by atoms with Crippen LogP contribution in [0.5, 0.6) is 0 Å². The number of carbonyl (C=O) groups excluding carboxylic acids is 2. The minimum Gasteiger partial charge on any atom is -0.347 e. The lowest BCUT2D eigenvalue weighted by Crippen LogP contribution is -2.40. The Kier molecular flexibility index (Phi) is 4.42.